The van der Waals surface area contributed by atoms with E-state index in [1.54, 1.807) is 0 Å². The lowest BCUT2D eigenvalue weighted by molar-refractivity contribution is -0.0174. The van der Waals surface area contributed by atoms with Crippen LogP contribution in [0.15, 0.2) is 4.99 Å². The molecular formula is C21H42N4O2. The molecule has 1 saturated carbocycles. The van der Waals surface area contributed by atoms with Gasteiger partial charge in [-0.25, -0.2) is 0 Å². The number of ether oxygens (including phenoxy) is 2. The van der Waals surface area contributed by atoms with Crippen LogP contribution in [0.3, 0.4) is 0 Å². The summed E-state index contributed by atoms with van der Waals surface area (Å²) in [5.74, 6) is 0.952. The van der Waals surface area contributed by atoms with Gasteiger partial charge < -0.3 is 20.1 Å². The van der Waals surface area contributed by atoms with Crippen LogP contribution in [0.25, 0.3) is 0 Å². The van der Waals surface area contributed by atoms with E-state index in [0.29, 0.717) is 17.5 Å². The second kappa shape index (κ2) is 11.9. The Morgan fingerprint density at radius 3 is 2.74 bits per heavy atom. The molecule has 2 rings (SSSR count). The molecule has 158 valence electrons. The van der Waals surface area contributed by atoms with E-state index in [9.17, 15) is 0 Å². The summed E-state index contributed by atoms with van der Waals surface area (Å²) < 4.78 is 11.2. The Labute approximate surface area is 166 Å². The van der Waals surface area contributed by atoms with Crippen molar-refractivity contribution in [2.24, 2.45) is 10.4 Å². The quantitative estimate of drug-likeness (QED) is 0.346. The lowest BCUT2D eigenvalue weighted by atomic mass is 9.83. The van der Waals surface area contributed by atoms with Crippen molar-refractivity contribution in [2.75, 3.05) is 52.6 Å². The molecule has 2 atom stereocenters. The third-order valence-corrected chi connectivity index (χ3v) is 6.11. The van der Waals surface area contributed by atoms with Crippen molar-refractivity contribution in [3.8, 4) is 0 Å². The summed E-state index contributed by atoms with van der Waals surface area (Å²) in [6.45, 7) is 15.8. The maximum atomic E-state index is 5.64. The Morgan fingerprint density at radius 2 is 2.07 bits per heavy atom. The van der Waals surface area contributed by atoms with Crippen molar-refractivity contribution in [3.05, 3.63) is 0 Å². The second-order valence-electron chi connectivity index (χ2n) is 8.24. The van der Waals surface area contributed by atoms with Crippen molar-refractivity contribution < 1.29 is 9.47 Å². The minimum atomic E-state index is 0.335. The first kappa shape index (κ1) is 22.4. The number of nitrogens with zero attached hydrogens (tertiary/aromatic N) is 2. The summed E-state index contributed by atoms with van der Waals surface area (Å²) >= 11 is 0. The first-order valence-corrected chi connectivity index (χ1v) is 11.0. The van der Waals surface area contributed by atoms with Crippen LogP contribution in [0.1, 0.15) is 59.8 Å². The molecule has 6 nitrogen and oxygen atoms in total. The SMILES string of the molecule is CCNC(=NCC1(CCOCC)CCCC1)NCC(C)N1CCOCC1C. The van der Waals surface area contributed by atoms with E-state index in [-0.39, 0.29) is 0 Å². The molecule has 0 amide bonds. The molecule has 1 aliphatic carbocycles. The molecular weight excluding hydrogens is 340 g/mol. The summed E-state index contributed by atoms with van der Waals surface area (Å²) in [6.07, 6.45) is 6.36. The number of guanidine groups is 1. The van der Waals surface area contributed by atoms with Gasteiger partial charge >= 0.3 is 0 Å². The Kier molecular flexibility index (Phi) is 9.87. The highest BCUT2D eigenvalue weighted by Crippen LogP contribution is 2.41. The molecule has 0 aromatic carbocycles. The summed E-state index contributed by atoms with van der Waals surface area (Å²) in [5, 5.41) is 7.00. The van der Waals surface area contributed by atoms with Crippen molar-refractivity contribution in [2.45, 2.75) is 71.9 Å². The molecule has 1 heterocycles. The molecule has 6 heteroatoms. The molecule has 0 radical (unpaired) electrons. The maximum Gasteiger partial charge on any atom is 0.191 e. The van der Waals surface area contributed by atoms with Crippen LogP contribution in [0.5, 0.6) is 0 Å². The minimum Gasteiger partial charge on any atom is -0.382 e. The second-order valence-corrected chi connectivity index (χ2v) is 8.24. The van der Waals surface area contributed by atoms with E-state index >= 15 is 0 Å². The van der Waals surface area contributed by atoms with Crippen LogP contribution in [0, 0.1) is 5.41 Å². The molecule has 1 saturated heterocycles. The average Bonchev–Trinajstić information content (AvgIpc) is 3.13. The van der Waals surface area contributed by atoms with Crippen molar-refractivity contribution in [1.82, 2.24) is 15.5 Å². The fourth-order valence-electron chi connectivity index (χ4n) is 4.39. The predicted molar refractivity (Wildman–Crippen MR) is 112 cm³/mol. The van der Waals surface area contributed by atoms with E-state index in [2.05, 4.69) is 43.2 Å². The van der Waals surface area contributed by atoms with Gasteiger partial charge in [0.25, 0.3) is 0 Å². The highest BCUT2D eigenvalue weighted by Gasteiger charge is 2.33. The molecule has 0 bridgehead atoms. The molecule has 2 fully saturated rings. The van der Waals surface area contributed by atoms with Crippen LogP contribution in [0.4, 0.5) is 0 Å². The lowest BCUT2D eigenvalue weighted by Crippen LogP contribution is -2.53. The molecule has 1 aliphatic heterocycles. The van der Waals surface area contributed by atoms with Crippen LogP contribution < -0.4 is 10.6 Å². The minimum absolute atomic E-state index is 0.335. The Hall–Kier alpha value is -0.850. The number of hydrogen-bond donors (Lipinski definition) is 2. The third kappa shape index (κ3) is 7.24. The largest absolute Gasteiger partial charge is 0.382 e. The first-order chi connectivity index (χ1) is 13.1. The van der Waals surface area contributed by atoms with Gasteiger partial charge in [0.1, 0.15) is 0 Å². The zero-order valence-electron chi connectivity index (χ0n) is 18.1. The third-order valence-electron chi connectivity index (χ3n) is 6.11. The van der Waals surface area contributed by atoms with E-state index in [4.69, 9.17) is 14.5 Å². The van der Waals surface area contributed by atoms with Crippen LogP contribution in [-0.2, 0) is 9.47 Å². The Balaban J connectivity index is 1.88. The molecule has 27 heavy (non-hydrogen) atoms. The van der Waals surface area contributed by atoms with Crippen LogP contribution in [0.2, 0.25) is 0 Å². The topological polar surface area (TPSA) is 58.1 Å². The molecule has 0 aromatic rings. The van der Waals surface area contributed by atoms with Gasteiger partial charge in [-0.2, -0.15) is 0 Å². The monoisotopic (exact) mass is 382 g/mol. The summed E-state index contributed by atoms with van der Waals surface area (Å²) in [6, 6.07) is 0.946. The number of hydrogen-bond acceptors (Lipinski definition) is 4. The predicted octanol–water partition coefficient (Wildman–Crippen LogP) is 2.64. The highest BCUT2D eigenvalue weighted by atomic mass is 16.5. The number of rotatable bonds is 10. The van der Waals surface area contributed by atoms with Gasteiger partial charge in [0.15, 0.2) is 5.96 Å². The van der Waals surface area contributed by atoms with Crippen LogP contribution >= 0.6 is 0 Å². The maximum absolute atomic E-state index is 5.64. The smallest absolute Gasteiger partial charge is 0.191 e. The van der Waals surface area contributed by atoms with Crippen LogP contribution in [-0.4, -0.2) is 75.5 Å². The Morgan fingerprint density at radius 1 is 1.30 bits per heavy atom. The summed E-state index contributed by atoms with van der Waals surface area (Å²) in [4.78, 5) is 7.51. The van der Waals surface area contributed by atoms with Gasteiger partial charge in [-0.05, 0) is 52.4 Å². The van der Waals surface area contributed by atoms with Gasteiger partial charge in [-0.1, -0.05) is 12.8 Å². The van der Waals surface area contributed by atoms with Crippen molar-refractivity contribution in [1.29, 1.82) is 0 Å². The van der Waals surface area contributed by atoms with E-state index < -0.39 is 0 Å². The normalized spacial score (nSPS) is 24.7. The number of aliphatic imine (C=N–C) groups is 1. The van der Waals surface area contributed by atoms with Gasteiger partial charge in [-0.3, -0.25) is 9.89 Å². The summed E-state index contributed by atoms with van der Waals surface area (Å²) in [5.41, 5.74) is 0.335. The number of morpholine rings is 1. The van der Waals surface area contributed by atoms with Gasteiger partial charge in [0, 0.05) is 51.5 Å². The fraction of sp³-hybridized carbons (Fsp3) is 0.952. The zero-order valence-corrected chi connectivity index (χ0v) is 18.1. The lowest BCUT2D eigenvalue weighted by Gasteiger charge is -2.38. The molecule has 0 spiro atoms. The van der Waals surface area contributed by atoms with E-state index in [0.717, 1.165) is 65.0 Å². The standard InChI is InChI=1S/C21H42N4O2/c1-5-22-20(23-15-18(3)25-12-14-27-16-19(25)4)24-17-21(9-7-8-10-21)11-13-26-6-2/h18-19H,5-17H2,1-4H3,(H2,22,23,24). The van der Waals surface area contributed by atoms with E-state index in [1.165, 1.54) is 25.7 Å². The molecule has 2 aliphatic rings. The van der Waals surface area contributed by atoms with Crippen molar-refractivity contribution in [3.63, 3.8) is 0 Å². The highest BCUT2D eigenvalue weighted by molar-refractivity contribution is 5.79. The van der Waals surface area contributed by atoms with Gasteiger partial charge in [0.05, 0.1) is 13.2 Å². The van der Waals surface area contributed by atoms with E-state index in [1.807, 2.05) is 0 Å². The van der Waals surface area contributed by atoms with Crippen molar-refractivity contribution >= 4 is 5.96 Å². The number of nitrogens with one attached hydrogen (secondary N) is 2. The molecule has 0 aromatic heterocycles. The summed E-state index contributed by atoms with van der Waals surface area (Å²) in [7, 11) is 0. The Bertz CT molecular complexity index is 438. The zero-order chi connectivity index (χ0) is 19.5. The average molecular weight is 383 g/mol. The fourth-order valence-corrected chi connectivity index (χ4v) is 4.39. The van der Waals surface area contributed by atoms with Gasteiger partial charge in [0.2, 0.25) is 0 Å². The van der Waals surface area contributed by atoms with Gasteiger partial charge in [-0.15, -0.1) is 0 Å². The molecule has 2 N–H and O–H groups in total. The molecule has 2 unspecified atom stereocenters. The first-order valence-electron chi connectivity index (χ1n) is 11.0.